The average molecular weight is 882 g/mol. The molecule has 0 saturated heterocycles. The molecule has 0 fully saturated rings. The zero-order chi connectivity index (χ0) is 47.1. The lowest BCUT2D eigenvalue weighted by Crippen LogP contribution is -2.48. The molecule has 3 heterocycles. The summed E-state index contributed by atoms with van der Waals surface area (Å²) in [7, 11) is 1.44. The van der Waals surface area contributed by atoms with Gasteiger partial charge in [0.05, 0.1) is 41.2 Å². The number of esters is 1. The first-order chi connectivity index (χ1) is 29.7. The number of nitrogens with zero attached hydrogens (tertiary/aromatic N) is 2. The first-order valence-corrected chi connectivity index (χ1v) is 21.7. The van der Waals surface area contributed by atoms with E-state index in [1.807, 2.05) is 25.8 Å². The van der Waals surface area contributed by atoms with E-state index in [0.717, 1.165) is 12.8 Å². The molecule has 9 atom stereocenters. The molecule has 9 unspecified atom stereocenters. The number of aromatic hydroxyl groups is 2. The highest BCUT2D eigenvalue weighted by molar-refractivity contribution is 6.21. The summed E-state index contributed by atoms with van der Waals surface area (Å²) in [6.45, 7) is 19.5. The molecule has 63 heavy (non-hydrogen) atoms. The van der Waals surface area contributed by atoms with Crippen molar-refractivity contribution < 1.29 is 63.3 Å². The number of ether oxygens (including phenoxy) is 5. The number of methoxy groups -OCH3 is 1. The Bertz CT molecular complexity index is 2100. The second-order valence-electron chi connectivity index (χ2n) is 16.7. The lowest BCUT2D eigenvalue weighted by Gasteiger charge is -2.38. The summed E-state index contributed by atoms with van der Waals surface area (Å²) in [6.07, 6.45) is 5.19. The van der Waals surface area contributed by atoms with Crippen molar-refractivity contribution in [2.75, 3.05) is 38.7 Å². The summed E-state index contributed by atoms with van der Waals surface area (Å²) in [5.41, 5.74) is -0.0124. The Balaban J connectivity index is 1.94. The van der Waals surface area contributed by atoms with Gasteiger partial charge < -0.3 is 49.4 Å². The van der Waals surface area contributed by atoms with Gasteiger partial charge in [-0.2, -0.15) is 0 Å². The molecule has 16 heteroatoms. The molecular formula is C47H67N3O13. The predicted molar refractivity (Wildman–Crippen MR) is 237 cm³/mol. The number of benzene rings is 2. The van der Waals surface area contributed by atoms with Crippen LogP contribution in [0.3, 0.4) is 0 Å². The number of phenols is 2. The number of fused-ring (bicyclic) bond motifs is 14. The van der Waals surface area contributed by atoms with Gasteiger partial charge in [0.25, 0.3) is 17.6 Å². The predicted octanol–water partition coefficient (Wildman–Crippen LogP) is 6.31. The Morgan fingerprint density at radius 1 is 0.937 bits per heavy atom. The normalized spacial score (nSPS) is 28.8. The molecule has 0 spiro atoms. The van der Waals surface area contributed by atoms with E-state index in [4.69, 9.17) is 23.7 Å². The summed E-state index contributed by atoms with van der Waals surface area (Å²) in [6, 6.07) is 1.28. The number of hydrogen-bond acceptors (Lipinski definition) is 14. The van der Waals surface area contributed by atoms with Gasteiger partial charge in [-0.3, -0.25) is 24.2 Å². The van der Waals surface area contributed by atoms with Crippen molar-refractivity contribution in [3.63, 3.8) is 0 Å². The number of aliphatic hydroxyl groups excluding tert-OH is 2. The number of ketones is 1. The number of hydrazine groups is 1. The third-order valence-corrected chi connectivity index (χ3v) is 12.3. The molecule has 2 aromatic rings. The first kappa shape index (κ1) is 50.5. The summed E-state index contributed by atoms with van der Waals surface area (Å²) >= 11 is 0. The van der Waals surface area contributed by atoms with Crippen molar-refractivity contribution in [2.45, 2.75) is 119 Å². The number of phenolic OH excluding ortho intramolecular Hbond substituents is 2. The van der Waals surface area contributed by atoms with E-state index in [1.165, 1.54) is 59.3 Å². The van der Waals surface area contributed by atoms with E-state index in [2.05, 4.69) is 5.32 Å². The Kier molecular flexibility index (Phi) is 17.2. The van der Waals surface area contributed by atoms with Crippen molar-refractivity contribution in [3.8, 4) is 23.0 Å². The largest absolute Gasteiger partial charge is 0.507 e. The van der Waals surface area contributed by atoms with Crippen LogP contribution in [-0.4, -0.2) is 118 Å². The second kappa shape index (κ2) is 21.5. The van der Waals surface area contributed by atoms with Gasteiger partial charge in [0.15, 0.2) is 12.4 Å². The molecule has 2 aromatic carbocycles. The number of aliphatic hydroxyl groups is 2. The number of allylic oxidation sites excluding steroid dienone is 2. The molecule has 348 valence electrons. The maximum atomic E-state index is 14.6. The third kappa shape index (κ3) is 10.8. The molecular weight excluding hydrogens is 815 g/mol. The average Bonchev–Trinajstić information content (AvgIpc) is 3.52. The van der Waals surface area contributed by atoms with Crippen LogP contribution in [0, 0.1) is 30.6 Å². The van der Waals surface area contributed by atoms with E-state index in [-0.39, 0.29) is 50.6 Å². The third-order valence-electron chi connectivity index (χ3n) is 12.3. The number of rotatable bonds is 11. The van der Waals surface area contributed by atoms with Crippen LogP contribution in [0.4, 0.5) is 5.69 Å². The van der Waals surface area contributed by atoms with Gasteiger partial charge in [-0.15, -0.1) is 0 Å². The van der Waals surface area contributed by atoms with Crippen LogP contribution in [-0.2, 0) is 28.6 Å². The fraction of sp³-hybridized carbons (Fsp3) is 0.574. The smallest absolute Gasteiger partial charge is 0.312 e. The van der Waals surface area contributed by atoms with Crippen molar-refractivity contribution >= 4 is 40.0 Å². The lowest BCUT2D eigenvalue weighted by molar-refractivity contribution is -0.160. The number of amides is 2. The summed E-state index contributed by atoms with van der Waals surface area (Å²) in [5.74, 6) is -8.07. The molecule has 0 saturated carbocycles. The molecule has 0 radical (unpaired) electrons. The highest BCUT2D eigenvalue weighted by atomic mass is 16.7. The Labute approximate surface area is 370 Å². The summed E-state index contributed by atoms with van der Waals surface area (Å²) in [5, 5.41) is 52.3. The number of carbonyl (C=O) groups is 4. The molecule has 5 rings (SSSR count). The number of unbranched alkanes of at least 4 members (excludes halogenated alkanes) is 1. The zero-order valence-corrected chi connectivity index (χ0v) is 38.7. The van der Waals surface area contributed by atoms with Crippen LogP contribution in [0.1, 0.15) is 98.0 Å². The van der Waals surface area contributed by atoms with Crippen LogP contribution in [0.25, 0.3) is 10.8 Å². The van der Waals surface area contributed by atoms with Crippen LogP contribution in [0.15, 0.2) is 42.2 Å². The van der Waals surface area contributed by atoms with Gasteiger partial charge >= 0.3 is 11.8 Å². The maximum Gasteiger partial charge on any atom is 0.312 e. The van der Waals surface area contributed by atoms with Crippen LogP contribution in [0.2, 0.25) is 0 Å². The van der Waals surface area contributed by atoms with Crippen molar-refractivity contribution in [1.82, 2.24) is 10.0 Å². The highest BCUT2D eigenvalue weighted by Crippen LogP contribution is 2.54. The van der Waals surface area contributed by atoms with Crippen LogP contribution in [0.5, 0.6) is 23.0 Å². The van der Waals surface area contributed by atoms with Crippen molar-refractivity contribution in [3.05, 3.63) is 53.3 Å². The fourth-order valence-corrected chi connectivity index (χ4v) is 8.26. The highest BCUT2D eigenvalue weighted by Gasteiger charge is 2.50. The standard InChI is InChI=1S/C47H67N3O13/c1-13-16-21-50(49(14-2)15-3)35(52)24-60-34-23-32-42(56)37-36(34)38-44(30(9)41(37)55)63-47(11,45(38)57)61-22-20-33(59-12)27(6)43(62-31(10)51)29(8)40(54)28(7)39(53)25(4)18-17-19-26(5)46(58)48-32/h17-20,22-23,25,27-29,33,39-40,43,53-56H,13-16,21,24H2,1-12H3,(H,48,58)/b18-17+,22-20+,26-19-. The van der Waals surface area contributed by atoms with Crippen molar-refractivity contribution in [1.29, 1.82) is 0 Å². The fourth-order valence-electron chi connectivity index (χ4n) is 8.26. The number of Topliss-reactive ketones (excluding diaryl/α,β-unsaturated/α-hetero) is 1. The topological polar surface area (TPSA) is 214 Å². The monoisotopic (exact) mass is 881 g/mol. The van der Waals surface area contributed by atoms with Gasteiger partial charge in [-0.1, -0.05) is 73.1 Å². The van der Waals surface area contributed by atoms with E-state index in [0.29, 0.717) is 19.6 Å². The van der Waals surface area contributed by atoms with Gasteiger partial charge in [-0.05, 0) is 26.3 Å². The minimum atomic E-state index is -2.04. The molecule has 2 amide bonds. The first-order valence-electron chi connectivity index (χ1n) is 21.7. The van der Waals surface area contributed by atoms with Gasteiger partial charge in [-0.25, -0.2) is 5.01 Å². The molecule has 0 aromatic heterocycles. The van der Waals surface area contributed by atoms with E-state index >= 15 is 0 Å². The molecule has 16 nitrogen and oxygen atoms in total. The number of carbonyl (C=O) groups excluding carboxylic acids is 4. The minimum absolute atomic E-state index is 0.0583. The van der Waals surface area contributed by atoms with Crippen LogP contribution >= 0.6 is 0 Å². The van der Waals surface area contributed by atoms with E-state index < -0.39 is 89.6 Å². The van der Waals surface area contributed by atoms with Gasteiger partial charge in [0.1, 0.15) is 23.4 Å². The number of hydrogen-bond donors (Lipinski definition) is 5. The number of anilines is 1. The SMILES string of the molecule is CCCCN(C(=O)COc1cc2c(O)c3c(O)c(C)c4c(c13)C(=O)C(C)(O/C=C/C(OC)C(C)C(OC(C)=O)C(C)C(O)C(C)C(O)C(C)/C=C/C=C(/C)C(=O)N2)O4)N(CC)CC. The molecule has 5 N–H and O–H groups in total. The Morgan fingerprint density at radius 3 is 2.21 bits per heavy atom. The van der Waals surface area contributed by atoms with Gasteiger partial charge in [0, 0.05) is 86.9 Å². The Hall–Kier alpha value is -5.16. The quantitative estimate of drug-likeness (QED) is 0.0951. The van der Waals surface area contributed by atoms with E-state index in [1.54, 1.807) is 44.9 Å². The van der Waals surface area contributed by atoms with Crippen LogP contribution < -0.4 is 14.8 Å². The number of nitrogens with one attached hydrogen (secondary N) is 1. The Morgan fingerprint density at radius 2 is 1.60 bits per heavy atom. The lowest BCUT2D eigenvalue weighted by atomic mass is 9.78. The second-order valence-corrected chi connectivity index (χ2v) is 16.7. The van der Waals surface area contributed by atoms with E-state index in [9.17, 15) is 39.6 Å². The summed E-state index contributed by atoms with van der Waals surface area (Å²) < 4.78 is 30.0. The van der Waals surface area contributed by atoms with Crippen molar-refractivity contribution in [2.24, 2.45) is 23.7 Å². The summed E-state index contributed by atoms with van der Waals surface area (Å²) in [4.78, 5) is 54.6. The molecule has 5 bridgehead atoms. The molecule has 3 aliphatic rings. The molecule has 0 aliphatic carbocycles. The zero-order valence-electron chi connectivity index (χ0n) is 38.7. The van der Waals surface area contributed by atoms with Gasteiger partial charge in [0.2, 0.25) is 0 Å². The molecule has 3 aliphatic heterocycles. The maximum absolute atomic E-state index is 14.6. The minimum Gasteiger partial charge on any atom is -0.507 e.